The van der Waals surface area contributed by atoms with Crippen molar-refractivity contribution in [3.05, 3.63) is 24.0 Å². The van der Waals surface area contributed by atoms with Gasteiger partial charge in [-0.25, -0.2) is 4.39 Å². The molecule has 0 aromatic heterocycles. The number of ether oxygens (including phenoxy) is 1. The predicted octanol–water partition coefficient (Wildman–Crippen LogP) is 2.30. The topological polar surface area (TPSA) is 45.0 Å². The number of anilines is 1. The van der Waals surface area contributed by atoms with Crippen molar-refractivity contribution < 1.29 is 9.13 Å². The van der Waals surface area contributed by atoms with Crippen molar-refractivity contribution in [2.75, 3.05) is 5.32 Å². The summed E-state index contributed by atoms with van der Waals surface area (Å²) in [5, 5.41) is 11.7. The van der Waals surface area contributed by atoms with Crippen molar-refractivity contribution in [2.45, 2.75) is 25.5 Å². The summed E-state index contributed by atoms with van der Waals surface area (Å²) in [4.78, 5) is 0. The van der Waals surface area contributed by atoms with Crippen molar-refractivity contribution in [2.24, 2.45) is 0 Å². The summed E-state index contributed by atoms with van der Waals surface area (Å²) in [5.41, 5.74) is 0.650. The van der Waals surface area contributed by atoms with Crippen molar-refractivity contribution in [1.82, 2.24) is 0 Å². The van der Waals surface area contributed by atoms with Gasteiger partial charge >= 0.3 is 0 Å². The Morgan fingerprint density at radius 1 is 1.60 bits per heavy atom. The summed E-state index contributed by atoms with van der Waals surface area (Å²) < 4.78 is 18.5. The monoisotopic (exact) mass is 206 g/mol. The third-order valence-electron chi connectivity index (χ3n) is 2.45. The van der Waals surface area contributed by atoms with Crippen LogP contribution in [0.1, 0.15) is 13.3 Å². The zero-order chi connectivity index (χ0) is 10.8. The summed E-state index contributed by atoms with van der Waals surface area (Å²) in [5.74, 6) is 0.311. The fourth-order valence-corrected chi connectivity index (χ4v) is 1.63. The smallest absolute Gasteiger partial charge is 0.143 e. The highest BCUT2D eigenvalue weighted by molar-refractivity contribution is 5.58. The standard InChI is InChI=1S/C11H11FN2O/c1-7-10(4-5-13)15-11-3-2-8(12)6-9(11)14-7/h2-3,6-7,10,14H,4H2,1H3. The molecule has 2 atom stereocenters. The zero-order valence-corrected chi connectivity index (χ0v) is 8.33. The number of rotatable bonds is 1. The van der Waals surface area contributed by atoms with Gasteiger partial charge in [-0.3, -0.25) is 0 Å². The number of nitrogens with zero attached hydrogens (tertiary/aromatic N) is 1. The highest BCUT2D eigenvalue weighted by atomic mass is 19.1. The lowest BCUT2D eigenvalue weighted by molar-refractivity contribution is 0.179. The summed E-state index contributed by atoms with van der Waals surface area (Å²) in [6.07, 6.45) is 0.151. The molecule has 0 fully saturated rings. The minimum Gasteiger partial charge on any atom is -0.485 e. The van der Waals surface area contributed by atoms with Gasteiger partial charge in [0.25, 0.3) is 0 Å². The Bertz CT molecular complexity index is 414. The average Bonchev–Trinajstić information content (AvgIpc) is 2.20. The Morgan fingerprint density at radius 3 is 3.13 bits per heavy atom. The first-order valence-corrected chi connectivity index (χ1v) is 4.80. The molecule has 0 saturated carbocycles. The molecule has 0 amide bonds. The van der Waals surface area contributed by atoms with E-state index in [-0.39, 0.29) is 18.0 Å². The van der Waals surface area contributed by atoms with E-state index in [0.29, 0.717) is 17.9 Å². The van der Waals surface area contributed by atoms with E-state index in [2.05, 4.69) is 11.4 Å². The number of nitriles is 1. The lowest BCUT2D eigenvalue weighted by Gasteiger charge is -2.31. The molecule has 0 radical (unpaired) electrons. The van der Waals surface area contributed by atoms with Gasteiger partial charge in [0.15, 0.2) is 0 Å². The van der Waals surface area contributed by atoms with E-state index in [4.69, 9.17) is 10.00 Å². The van der Waals surface area contributed by atoms with E-state index in [0.717, 1.165) is 0 Å². The molecule has 1 aromatic rings. The van der Waals surface area contributed by atoms with Crippen LogP contribution in [-0.4, -0.2) is 12.1 Å². The van der Waals surface area contributed by atoms with E-state index < -0.39 is 0 Å². The van der Waals surface area contributed by atoms with E-state index in [9.17, 15) is 4.39 Å². The molecule has 3 nitrogen and oxygen atoms in total. The molecule has 4 heteroatoms. The van der Waals surface area contributed by atoms with Gasteiger partial charge in [0.05, 0.1) is 24.2 Å². The molecule has 0 saturated heterocycles. The molecule has 0 bridgehead atoms. The first-order chi connectivity index (χ1) is 7.20. The average molecular weight is 206 g/mol. The minimum absolute atomic E-state index is 0.0129. The molecular formula is C11H11FN2O. The SMILES string of the molecule is CC1Nc2cc(F)ccc2OC1CC#N. The molecule has 15 heavy (non-hydrogen) atoms. The van der Waals surface area contributed by atoms with Crippen LogP contribution in [-0.2, 0) is 0 Å². The first kappa shape index (κ1) is 9.78. The number of hydrogen-bond donors (Lipinski definition) is 1. The second-order valence-corrected chi connectivity index (χ2v) is 3.59. The fourth-order valence-electron chi connectivity index (χ4n) is 1.63. The minimum atomic E-state index is -0.296. The normalized spacial score (nSPS) is 23.3. The number of nitrogens with one attached hydrogen (secondary N) is 1. The summed E-state index contributed by atoms with van der Waals surface area (Å²) in [7, 11) is 0. The Labute approximate surface area is 87.5 Å². The third kappa shape index (κ3) is 1.86. The molecule has 78 valence electrons. The molecule has 0 spiro atoms. The van der Waals surface area contributed by atoms with Crippen molar-refractivity contribution in [3.8, 4) is 11.8 Å². The Kier molecular flexibility index (Phi) is 2.46. The quantitative estimate of drug-likeness (QED) is 0.766. The number of fused-ring (bicyclic) bond motifs is 1. The van der Waals surface area contributed by atoms with Gasteiger partial charge in [0.1, 0.15) is 17.7 Å². The largest absolute Gasteiger partial charge is 0.485 e. The van der Waals surface area contributed by atoms with Crippen LogP contribution in [0.25, 0.3) is 0 Å². The fraction of sp³-hybridized carbons (Fsp3) is 0.364. The zero-order valence-electron chi connectivity index (χ0n) is 8.33. The second kappa shape index (κ2) is 3.77. The van der Waals surface area contributed by atoms with Crippen LogP contribution in [0, 0.1) is 17.1 Å². The summed E-state index contributed by atoms with van der Waals surface area (Å²) in [6.45, 7) is 1.91. The maximum absolute atomic E-state index is 12.9. The number of halogens is 1. The highest BCUT2D eigenvalue weighted by Gasteiger charge is 2.25. The second-order valence-electron chi connectivity index (χ2n) is 3.59. The number of benzene rings is 1. The lowest BCUT2D eigenvalue weighted by atomic mass is 10.1. The molecule has 2 rings (SSSR count). The van der Waals surface area contributed by atoms with Gasteiger partial charge in [0, 0.05) is 6.07 Å². The molecule has 1 aliphatic heterocycles. The molecule has 1 aliphatic rings. The molecule has 1 aromatic carbocycles. The van der Waals surface area contributed by atoms with Gasteiger partial charge in [-0.15, -0.1) is 0 Å². The molecule has 2 unspecified atom stereocenters. The third-order valence-corrected chi connectivity index (χ3v) is 2.45. The molecule has 1 heterocycles. The van der Waals surface area contributed by atoms with Gasteiger partial charge in [0.2, 0.25) is 0 Å². The van der Waals surface area contributed by atoms with E-state index in [1.807, 2.05) is 6.92 Å². The molecular weight excluding hydrogens is 195 g/mol. The summed E-state index contributed by atoms with van der Waals surface area (Å²) >= 11 is 0. The van der Waals surface area contributed by atoms with Crippen LogP contribution in [0.5, 0.6) is 5.75 Å². The van der Waals surface area contributed by atoms with Crippen LogP contribution in [0.2, 0.25) is 0 Å². The van der Waals surface area contributed by atoms with Crippen LogP contribution < -0.4 is 10.1 Å². The van der Waals surface area contributed by atoms with E-state index >= 15 is 0 Å². The van der Waals surface area contributed by atoms with E-state index in [1.54, 1.807) is 6.07 Å². The number of hydrogen-bond acceptors (Lipinski definition) is 3. The van der Waals surface area contributed by atoms with Gasteiger partial charge in [-0.2, -0.15) is 5.26 Å². The van der Waals surface area contributed by atoms with Crippen molar-refractivity contribution in [1.29, 1.82) is 5.26 Å². The van der Waals surface area contributed by atoms with Crippen molar-refractivity contribution in [3.63, 3.8) is 0 Å². The van der Waals surface area contributed by atoms with Gasteiger partial charge < -0.3 is 10.1 Å². The van der Waals surface area contributed by atoms with Crippen LogP contribution in [0.3, 0.4) is 0 Å². The van der Waals surface area contributed by atoms with Gasteiger partial charge in [-0.05, 0) is 19.1 Å². The maximum atomic E-state index is 12.9. The maximum Gasteiger partial charge on any atom is 0.143 e. The highest BCUT2D eigenvalue weighted by Crippen LogP contribution is 2.32. The lowest BCUT2D eigenvalue weighted by Crippen LogP contribution is -2.39. The Hall–Kier alpha value is -1.76. The molecule has 0 aliphatic carbocycles. The Balaban J connectivity index is 2.26. The van der Waals surface area contributed by atoms with Crippen LogP contribution in [0.4, 0.5) is 10.1 Å². The van der Waals surface area contributed by atoms with Gasteiger partial charge in [-0.1, -0.05) is 0 Å². The van der Waals surface area contributed by atoms with Crippen LogP contribution in [0.15, 0.2) is 18.2 Å². The van der Waals surface area contributed by atoms with Crippen LogP contribution >= 0.6 is 0 Å². The predicted molar refractivity (Wildman–Crippen MR) is 54.1 cm³/mol. The Morgan fingerprint density at radius 2 is 2.40 bits per heavy atom. The molecule has 1 N–H and O–H groups in total. The van der Waals surface area contributed by atoms with E-state index in [1.165, 1.54) is 12.1 Å². The first-order valence-electron chi connectivity index (χ1n) is 4.80. The van der Waals surface area contributed by atoms with Crippen molar-refractivity contribution >= 4 is 5.69 Å². The summed E-state index contributed by atoms with van der Waals surface area (Å²) in [6, 6.07) is 6.41.